The molecule has 13 heteroatoms. The fourth-order valence-corrected chi connectivity index (χ4v) is 5.65. The number of halogens is 2. The summed E-state index contributed by atoms with van der Waals surface area (Å²) in [6.07, 6.45) is -9.11. The van der Waals surface area contributed by atoms with Crippen molar-refractivity contribution in [1.29, 1.82) is 0 Å². The number of aliphatic hydroxyl groups excluding tert-OH is 2. The molecular weight excluding hydrogens is 538 g/mol. The minimum absolute atomic E-state index is 0.0355. The first kappa shape index (κ1) is 28.1. The number of aromatic hydroxyl groups is 2. The maximum Gasteiger partial charge on any atom is 0.298 e. The molecule has 11 nitrogen and oxygen atoms in total. The molecule has 0 bridgehead atoms. The van der Waals surface area contributed by atoms with Gasteiger partial charge in [0.15, 0.2) is 17.9 Å². The summed E-state index contributed by atoms with van der Waals surface area (Å²) in [5, 5.41) is 53.3. The summed E-state index contributed by atoms with van der Waals surface area (Å²) in [6.45, 7) is -0.101. The number of ketones is 3. The molecule has 5 N–H and O–H groups in total. The van der Waals surface area contributed by atoms with Crippen LogP contribution in [0, 0.1) is 0 Å². The predicted octanol–water partition coefficient (Wildman–Crippen LogP) is 1.31. The quantitative estimate of drug-likeness (QED) is 0.282. The van der Waals surface area contributed by atoms with Crippen molar-refractivity contribution < 1.29 is 62.9 Å². The third-order valence-corrected chi connectivity index (χ3v) is 7.81. The minimum Gasteiger partial charge on any atom is -0.507 e. The Morgan fingerprint density at radius 1 is 1.12 bits per heavy atom. The molecule has 1 aliphatic heterocycles. The van der Waals surface area contributed by atoms with Crippen LogP contribution >= 0.6 is 0 Å². The molecule has 3 aliphatic rings. The van der Waals surface area contributed by atoms with Crippen LogP contribution in [-0.4, -0.2) is 86.6 Å². The molecule has 0 amide bonds. The number of carbonyl (C=O) groups is 3. The van der Waals surface area contributed by atoms with Crippen LogP contribution in [0.25, 0.3) is 0 Å². The van der Waals surface area contributed by atoms with Gasteiger partial charge in [-0.1, -0.05) is 12.1 Å². The van der Waals surface area contributed by atoms with Crippen molar-refractivity contribution in [3.8, 4) is 17.2 Å². The van der Waals surface area contributed by atoms with Gasteiger partial charge in [0.2, 0.25) is 5.78 Å². The average molecular weight is 564 g/mol. The smallest absolute Gasteiger partial charge is 0.298 e. The van der Waals surface area contributed by atoms with Crippen molar-refractivity contribution in [2.24, 2.45) is 0 Å². The van der Waals surface area contributed by atoms with Gasteiger partial charge in [-0.2, -0.15) is 0 Å². The van der Waals surface area contributed by atoms with E-state index in [0.29, 0.717) is 0 Å². The van der Waals surface area contributed by atoms with E-state index in [2.05, 4.69) is 0 Å². The van der Waals surface area contributed by atoms with E-state index in [-0.39, 0.29) is 28.0 Å². The van der Waals surface area contributed by atoms with Crippen molar-refractivity contribution in [1.82, 2.24) is 0 Å². The molecule has 1 saturated heterocycles. The zero-order chi connectivity index (χ0) is 29.3. The number of Topliss-reactive ketones (excluding diaryl/α,β-unsaturated/α-hetero) is 1. The fraction of sp³-hybridized carbons (Fsp3) is 0.444. The molecule has 5 atom stereocenters. The zero-order valence-electron chi connectivity index (χ0n) is 21.3. The summed E-state index contributed by atoms with van der Waals surface area (Å²) in [7, 11) is 1.28. The van der Waals surface area contributed by atoms with Crippen LogP contribution in [0.2, 0.25) is 0 Å². The lowest BCUT2D eigenvalue weighted by Gasteiger charge is -2.42. The van der Waals surface area contributed by atoms with Crippen molar-refractivity contribution in [3.63, 3.8) is 0 Å². The standard InChI is InChI=1S/C27H26F2O11/c1-10-27(28,29)15(31)6-17(39-10)40-14-8-26(37,16(32)9-30)7-12-19(14)25(36)21-20(23(12)34)22(33)11-4-3-5-13(38-2)18(11)24(21)35/h3-5,10,14-15,17,30-31,34,36-37H,6-9H2,1-2H3/t10?,14?,15?,17?,26-/m0/s1. The van der Waals surface area contributed by atoms with Crippen molar-refractivity contribution in [2.45, 2.75) is 62.3 Å². The summed E-state index contributed by atoms with van der Waals surface area (Å²) in [5.41, 5.74) is -4.40. The normalized spacial score (nSPS) is 28.9. The second-order valence-corrected chi connectivity index (χ2v) is 10.1. The number of carbonyl (C=O) groups excluding carboxylic acids is 3. The third-order valence-electron chi connectivity index (χ3n) is 7.81. The Bertz CT molecular complexity index is 1420. The second-order valence-electron chi connectivity index (χ2n) is 10.1. The van der Waals surface area contributed by atoms with Gasteiger partial charge in [0, 0.05) is 36.0 Å². The van der Waals surface area contributed by atoms with Crippen LogP contribution in [0.15, 0.2) is 18.2 Å². The summed E-state index contributed by atoms with van der Waals surface area (Å²) >= 11 is 0. The fourth-order valence-electron chi connectivity index (χ4n) is 5.65. The Balaban J connectivity index is 1.68. The molecule has 214 valence electrons. The largest absolute Gasteiger partial charge is 0.507 e. The Morgan fingerprint density at radius 3 is 2.42 bits per heavy atom. The number of rotatable bonds is 5. The van der Waals surface area contributed by atoms with E-state index < -0.39 is 102 Å². The summed E-state index contributed by atoms with van der Waals surface area (Å²) < 4.78 is 44.5. The maximum atomic E-state index is 14.1. The molecule has 5 rings (SSSR count). The van der Waals surface area contributed by atoms with E-state index in [1.54, 1.807) is 0 Å². The molecule has 40 heavy (non-hydrogen) atoms. The highest BCUT2D eigenvalue weighted by atomic mass is 19.3. The first-order valence-corrected chi connectivity index (χ1v) is 12.4. The zero-order valence-corrected chi connectivity index (χ0v) is 21.3. The van der Waals surface area contributed by atoms with E-state index in [0.717, 1.165) is 6.92 Å². The Labute approximate surface area is 225 Å². The lowest BCUT2D eigenvalue weighted by molar-refractivity contribution is -0.309. The molecule has 4 unspecified atom stereocenters. The van der Waals surface area contributed by atoms with Crippen LogP contribution in [0.5, 0.6) is 17.2 Å². The van der Waals surface area contributed by atoms with Gasteiger partial charge in [0.1, 0.15) is 41.7 Å². The van der Waals surface area contributed by atoms with Gasteiger partial charge in [-0.3, -0.25) is 14.4 Å². The Hall–Kier alpha value is -3.49. The van der Waals surface area contributed by atoms with Gasteiger partial charge in [-0.25, -0.2) is 8.78 Å². The highest BCUT2D eigenvalue weighted by molar-refractivity contribution is 6.31. The molecule has 1 fully saturated rings. The van der Waals surface area contributed by atoms with Crippen molar-refractivity contribution in [2.75, 3.05) is 13.7 Å². The molecule has 0 saturated carbocycles. The predicted molar refractivity (Wildman–Crippen MR) is 129 cm³/mol. The highest BCUT2D eigenvalue weighted by Gasteiger charge is 2.53. The van der Waals surface area contributed by atoms with Crippen LogP contribution in [-0.2, 0) is 20.7 Å². The van der Waals surface area contributed by atoms with E-state index in [4.69, 9.17) is 14.2 Å². The summed E-state index contributed by atoms with van der Waals surface area (Å²) in [5.74, 6) is -7.95. The van der Waals surface area contributed by atoms with Gasteiger partial charge in [-0.05, 0) is 13.0 Å². The van der Waals surface area contributed by atoms with E-state index >= 15 is 0 Å². The number of aliphatic hydroxyl groups is 3. The van der Waals surface area contributed by atoms with Gasteiger partial charge >= 0.3 is 0 Å². The second kappa shape index (κ2) is 9.56. The number of ether oxygens (including phenoxy) is 3. The van der Waals surface area contributed by atoms with Crippen LogP contribution in [0.1, 0.15) is 68.8 Å². The number of hydrogen-bond acceptors (Lipinski definition) is 11. The lowest BCUT2D eigenvalue weighted by Crippen LogP contribution is -2.53. The molecule has 0 radical (unpaired) electrons. The molecule has 2 aliphatic carbocycles. The third kappa shape index (κ3) is 3.99. The lowest BCUT2D eigenvalue weighted by atomic mass is 9.72. The number of benzene rings is 2. The molecular formula is C27H26F2O11. The maximum absolute atomic E-state index is 14.1. The van der Waals surface area contributed by atoms with Crippen LogP contribution in [0.4, 0.5) is 8.78 Å². The SMILES string of the molecule is COc1cccc2c1C(=O)c1c(O)c3c(c(O)c1C2=O)C[C@@](O)(C(=O)CO)CC3OC1CC(O)C(F)(F)C(C)O1. The summed E-state index contributed by atoms with van der Waals surface area (Å²) in [6, 6.07) is 4.21. The molecule has 1 heterocycles. The van der Waals surface area contributed by atoms with Crippen molar-refractivity contribution in [3.05, 3.63) is 51.6 Å². The number of phenolic OH excluding ortho intramolecular Hbond substituents is 2. The van der Waals surface area contributed by atoms with Gasteiger partial charge in [-0.15, -0.1) is 0 Å². The van der Waals surface area contributed by atoms with Crippen LogP contribution < -0.4 is 4.74 Å². The average Bonchev–Trinajstić information content (AvgIpc) is 2.91. The number of hydrogen-bond donors (Lipinski definition) is 5. The Kier molecular flexibility index (Phi) is 6.70. The number of methoxy groups -OCH3 is 1. The Morgan fingerprint density at radius 2 is 1.80 bits per heavy atom. The van der Waals surface area contributed by atoms with Crippen LogP contribution in [0.3, 0.4) is 0 Å². The number of alkyl halides is 2. The monoisotopic (exact) mass is 564 g/mol. The van der Waals surface area contributed by atoms with Gasteiger partial charge in [0.25, 0.3) is 5.92 Å². The first-order valence-electron chi connectivity index (χ1n) is 12.4. The van der Waals surface area contributed by atoms with E-state index in [1.165, 1.54) is 25.3 Å². The highest BCUT2D eigenvalue weighted by Crippen LogP contribution is 2.52. The molecule has 2 aromatic rings. The summed E-state index contributed by atoms with van der Waals surface area (Å²) in [4.78, 5) is 39.6. The first-order chi connectivity index (χ1) is 18.8. The van der Waals surface area contributed by atoms with Crippen molar-refractivity contribution >= 4 is 17.3 Å². The van der Waals surface area contributed by atoms with E-state index in [9.17, 15) is 48.7 Å². The topological polar surface area (TPSA) is 180 Å². The minimum atomic E-state index is -3.60. The molecule has 0 spiro atoms. The van der Waals surface area contributed by atoms with Gasteiger partial charge in [0.05, 0.1) is 29.9 Å². The molecule has 2 aromatic carbocycles. The van der Waals surface area contributed by atoms with Gasteiger partial charge < -0.3 is 39.7 Å². The van der Waals surface area contributed by atoms with E-state index in [1.807, 2.05) is 0 Å². The number of fused-ring (bicyclic) bond motifs is 3. The number of phenols is 2. The molecule has 0 aromatic heterocycles.